The van der Waals surface area contributed by atoms with Crippen molar-refractivity contribution < 1.29 is 19.1 Å². The molecular weight excluding hydrogens is 428 g/mol. The lowest BCUT2D eigenvalue weighted by atomic mass is 9.86. The summed E-state index contributed by atoms with van der Waals surface area (Å²) in [6, 6.07) is 21.3. The molecule has 0 radical (unpaired) electrons. The van der Waals surface area contributed by atoms with Gasteiger partial charge in [0, 0.05) is 30.8 Å². The van der Waals surface area contributed by atoms with Crippen LogP contribution in [-0.4, -0.2) is 27.2 Å². The molecule has 0 spiro atoms. The number of carboxylic acids is 1. The van der Waals surface area contributed by atoms with Gasteiger partial charge in [0.15, 0.2) is 0 Å². The van der Waals surface area contributed by atoms with Crippen LogP contribution >= 0.6 is 0 Å². The van der Waals surface area contributed by atoms with Crippen LogP contribution in [0.2, 0.25) is 0 Å². The number of oxazole rings is 1. The first kappa shape index (κ1) is 23.4. The molecule has 4 aromatic rings. The summed E-state index contributed by atoms with van der Waals surface area (Å²) in [4.78, 5) is 16.9. The van der Waals surface area contributed by atoms with Crippen molar-refractivity contribution in [3.8, 4) is 17.2 Å². The molecule has 176 valence electrons. The maximum atomic E-state index is 12.3. The highest BCUT2D eigenvalue weighted by atomic mass is 16.5. The highest BCUT2D eigenvalue weighted by Crippen LogP contribution is 2.29. The number of aliphatic carboxylic acids is 1. The third-order valence-corrected chi connectivity index (χ3v) is 6.10. The van der Waals surface area contributed by atoms with Gasteiger partial charge in [-0.25, -0.2) is 9.78 Å². The highest BCUT2D eigenvalue weighted by Gasteiger charge is 2.39. The number of hydrogen-bond acceptors (Lipinski definition) is 4. The molecule has 0 fully saturated rings. The monoisotopic (exact) mass is 458 g/mol. The van der Waals surface area contributed by atoms with E-state index in [0.717, 1.165) is 34.8 Å². The quantitative estimate of drug-likeness (QED) is 0.303. The van der Waals surface area contributed by atoms with Gasteiger partial charge in [0.2, 0.25) is 5.89 Å². The van der Waals surface area contributed by atoms with Crippen molar-refractivity contribution in [1.29, 1.82) is 0 Å². The first-order valence-corrected chi connectivity index (χ1v) is 11.6. The van der Waals surface area contributed by atoms with E-state index >= 15 is 0 Å². The largest absolute Gasteiger partial charge is 0.493 e. The third-order valence-electron chi connectivity index (χ3n) is 6.10. The number of hydrogen-bond donors (Lipinski definition) is 1. The molecule has 34 heavy (non-hydrogen) atoms. The maximum absolute atomic E-state index is 12.3. The second-order valence-corrected chi connectivity index (χ2v) is 8.48. The van der Waals surface area contributed by atoms with Crippen LogP contribution in [0.3, 0.4) is 0 Å². The molecule has 2 heterocycles. The van der Waals surface area contributed by atoms with Crippen LogP contribution in [0.15, 0.2) is 83.5 Å². The second-order valence-electron chi connectivity index (χ2n) is 8.48. The van der Waals surface area contributed by atoms with Crippen molar-refractivity contribution in [3.05, 3.63) is 96.1 Å². The summed E-state index contributed by atoms with van der Waals surface area (Å²) in [6.07, 6.45) is 6.03. The number of nitrogens with zero attached hydrogens (tertiary/aromatic N) is 2. The molecule has 6 nitrogen and oxygen atoms in total. The number of aryl methyl sites for hydroxylation is 1. The zero-order valence-electron chi connectivity index (χ0n) is 19.6. The number of carboxylic acid groups (broad SMARTS) is 1. The van der Waals surface area contributed by atoms with E-state index < -0.39 is 11.5 Å². The van der Waals surface area contributed by atoms with Gasteiger partial charge in [0.25, 0.3) is 0 Å². The van der Waals surface area contributed by atoms with Crippen LogP contribution < -0.4 is 4.74 Å². The molecular formula is C28H30N2O4. The van der Waals surface area contributed by atoms with Crippen LogP contribution in [0.25, 0.3) is 11.5 Å². The van der Waals surface area contributed by atoms with Crippen LogP contribution in [0.4, 0.5) is 0 Å². The predicted molar refractivity (Wildman–Crippen MR) is 131 cm³/mol. The summed E-state index contributed by atoms with van der Waals surface area (Å²) >= 11 is 0. The van der Waals surface area contributed by atoms with Gasteiger partial charge >= 0.3 is 5.97 Å². The molecule has 2 aromatic heterocycles. The summed E-state index contributed by atoms with van der Waals surface area (Å²) in [7, 11) is 0. The zero-order valence-corrected chi connectivity index (χ0v) is 19.6. The Bertz CT molecular complexity index is 1200. The fourth-order valence-electron chi connectivity index (χ4n) is 4.31. The SMILES string of the molecule is CCCC(Cc1ccc(OCCc2nc(-c3ccccc3)oc2C)cc1)(C(=O)O)n1cccc1. The Hall–Kier alpha value is -3.80. The Balaban J connectivity index is 1.39. The van der Waals surface area contributed by atoms with Crippen LogP contribution in [0, 0.1) is 6.92 Å². The topological polar surface area (TPSA) is 77.5 Å². The Morgan fingerprint density at radius 2 is 1.76 bits per heavy atom. The number of rotatable bonds is 11. The maximum Gasteiger partial charge on any atom is 0.330 e. The average Bonchev–Trinajstić information content (AvgIpc) is 3.51. The lowest BCUT2D eigenvalue weighted by Crippen LogP contribution is -2.43. The molecule has 1 atom stereocenters. The predicted octanol–water partition coefficient (Wildman–Crippen LogP) is 5.90. The van der Waals surface area contributed by atoms with Gasteiger partial charge in [-0.3, -0.25) is 0 Å². The number of aromatic nitrogens is 2. The van der Waals surface area contributed by atoms with Gasteiger partial charge < -0.3 is 18.8 Å². The molecule has 0 aliphatic rings. The van der Waals surface area contributed by atoms with E-state index in [2.05, 4.69) is 4.98 Å². The van der Waals surface area contributed by atoms with Crippen molar-refractivity contribution in [2.24, 2.45) is 0 Å². The summed E-state index contributed by atoms with van der Waals surface area (Å²) in [5, 5.41) is 10.1. The van der Waals surface area contributed by atoms with Gasteiger partial charge in [0.05, 0.1) is 12.3 Å². The Kier molecular flexibility index (Phi) is 7.16. The molecule has 1 unspecified atom stereocenters. The lowest BCUT2D eigenvalue weighted by Gasteiger charge is -2.31. The first-order chi connectivity index (χ1) is 16.5. The van der Waals surface area contributed by atoms with E-state index in [0.29, 0.717) is 31.8 Å². The molecule has 2 aromatic carbocycles. The van der Waals surface area contributed by atoms with Crippen LogP contribution in [0.1, 0.15) is 36.8 Å². The molecule has 0 aliphatic carbocycles. The minimum Gasteiger partial charge on any atom is -0.493 e. The zero-order chi connectivity index (χ0) is 24.0. The van der Waals surface area contributed by atoms with Crippen molar-refractivity contribution in [3.63, 3.8) is 0 Å². The Morgan fingerprint density at radius 1 is 1.06 bits per heavy atom. The van der Waals surface area contributed by atoms with Crippen LogP contribution in [0.5, 0.6) is 5.75 Å². The summed E-state index contributed by atoms with van der Waals surface area (Å²) < 4.78 is 13.6. The normalized spacial score (nSPS) is 12.9. The minimum absolute atomic E-state index is 0.408. The molecule has 1 N–H and O–H groups in total. The third kappa shape index (κ3) is 5.06. The van der Waals surface area contributed by atoms with Gasteiger partial charge in [0.1, 0.15) is 17.0 Å². The van der Waals surface area contributed by atoms with Gasteiger partial charge in [-0.1, -0.05) is 43.7 Å². The second kappa shape index (κ2) is 10.4. The highest BCUT2D eigenvalue weighted by molar-refractivity contribution is 5.77. The molecule has 0 bridgehead atoms. The van der Waals surface area contributed by atoms with Gasteiger partial charge in [-0.2, -0.15) is 0 Å². The number of carbonyl (C=O) groups is 1. The van der Waals surface area contributed by atoms with Crippen molar-refractivity contribution in [1.82, 2.24) is 9.55 Å². The van der Waals surface area contributed by atoms with E-state index in [1.165, 1.54) is 0 Å². The Labute approximate surface area is 199 Å². The molecule has 6 heteroatoms. The van der Waals surface area contributed by atoms with Gasteiger partial charge in [-0.15, -0.1) is 0 Å². The summed E-state index contributed by atoms with van der Waals surface area (Å²) in [5.74, 6) is 1.34. The lowest BCUT2D eigenvalue weighted by molar-refractivity contribution is -0.148. The van der Waals surface area contributed by atoms with Crippen molar-refractivity contribution in [2.45, 2.75) is 45.1 Å². The number of benzene rings is 2. The summed E-state index contributed by atoms with van der Waals surface area (Å²) in [6.45, 7) is 4.40. The molecule has 0 amide bonds. The van der Waals surface area contributed by atoms with E-state index in [4.69, 9.17) is 9.15 Å². The Morgan fingerprint density at radius 3 is 2.41 bits per heavy atom. The standard InChI is InChI=1S/C28H30N2O4/c1-3-16-28(27(31)32,30-17-7-8-18-30)20-22-11-13-24(14-12-22)33-19-15-25-21(2)34-26(29-25)23-9-5-4-6-10-23/h4-14,17-18H,3,15-16,19-20H2,1-2H3,(H,31,32). The van der Waals surface area contributed by atoms with Crippen molar-refractivity contribution >= 4 is 5.97 Å². The van der Waals surface area contributed by atoms with Gasteiger partial charge in [-0.05, 0) is 55.3 Å². The summed E-state index contributed by atoms with van der Waals surface area (Å²) in [5.41, 5.74) is 1.79. The molecule has 0 saturated carbocycles. The van der Waals surface area contributed by atoms with Crippen LogP contribution in [-0.2, 0) is 23.2 Å². The van der Waals surface area contributed by atoms with E-state index in [9.17, 15) is 9.90 Å². The average molecular weight is 459 g/mol. The first-order valence-electron chi connectivity index (χ1n) is 11.6. The fraction of sp³-hybridized carbons (Fsp3) is 0.286. The van der Waals surface area contributed by atoms with E-state index in [-0.39, 0.29) is 0 Å². The molecule has 4 rings (SSSR count). The molecule has 0 saturated heterocycles. The smallest absolute Gasteiger partial charge is 0.330 e. The number of ether oxygens (including phenoxy) is 1. The minimum atomic E-state index is -0.998. The van der Waals surface area contributed by atoms with Crippen molar-refractivity contribution in [2.75, 3.05) is 6.61 Å². The van der Waals surface area contributed by atoms with E-state index in [1.54, 1.807) is 0 Å². The molecule has 0 aliphatic heterocycles. The fourth-order valence-corrected chi connectivity index (χ4v) is 4.31. The van der Waals surface area contributed by atoms with E-state index in [1.807, 2.05) is 97.5 Å².